The summed E-state index contributed by atoms with van der Waals surface area (Å²) in [4.78, 5) is 11.5. The molecular weight excluding hydrogens is 235 g/mol. The predicted octanol–water partition coefficient (Wildman–Crippen LogP) is 1.39. The molecule has 0 radical (unpaired) electrons. The van der Waals surface area contributed by atoms with Gasteiger partial charge in [-0.15, -0.1) is 0 Å². The van der Waals surface area contributed by atoms with E-state index in [1.165, 1.54) is 19.2 Å². The summed E-state index contributed by atoms with van der Waals surface area (Å²) >= 11 is 5.77. The van der Waals surface area contributed by atoms with E-state index in [0.717, 1.165) is 6.07 Å². The number of halogens is 2. The summed E-state index contributed by atoms with van der Waals surface area (Å²) in [6.45, 7) is 0.0821. The second-order valence-electron chi connectivity index (χ2n) is 3.18. The molecule has 1 unspecified atom stereocenters. The minimum absolute atomic E-state index is 0.0821. The first-order valence-electron chi connectivity index (χ1n) is 4.55. The van der Waals surface area contributed by atoms with Crippen LogP contribution in [0.1, 0.15) is 0 Å². The van der Waals surface area contributed by atoms with E-state index in [-0.39, 0.29) is 17.3 Å². The van der Waals surface area contributed by atoms with E-state index in [1.807, 2.05) is 0 Å². The second kappa shape index (κ2) is 5.79. The zero-order valence-corrected chi connectivity index (χ0v) is 9.42. The number of nitrogens with one attached hydrogen (secondary N) is 1. The maximum Gasteiger partial charge on any atom is 0.243 e. The molecule has 88 valence electrons. The first-order chi connectivity index (χ1) is 7.54. The molecule has 0 aliphatic heterocycles. The monoisotopic (exact) mass is 246 g/mol. The highest BCUT2D eigenvalue weighted by Gasteiger charge is 2.14. The Hall–Kier alpha value is -1.17. The topological polar surface area (TPSA) is 64.3 Å². The van der Waals surface area contributed by atoms with Crippen LogP contribution in [0.3, 0.4) is 0 Å². The van der Waals surface area contributed by atoms with Crippen LogP contribution in [0.4, 0.5) is 10.1 Å². The van der Waals surface area contributed by atoms with Crippen molar-refractivity contribution in [2.24, 2.45) is 5.73 Å². The summed E-state index contributed by atoms with van der Waals surface area (Å²) in [6.07, 6.45) is 0. The van der Waals surface area contributed by atoms with Crippen molar-refractivity contribution in [2.45, 2.75) is 6.04 Å². The van der Waals surface area contributed by atoms with Gasteiger partial charge in [0.25, 0.3) is 0 Å². The summed E-state index contributed by atoms with van der Waals surface area (Å²) in [5.41, 5.74) is 5.68. The smallest absolute Gasteiger partial charge is 0.243 e. The van der Waals surface area contributed by atoms with Crippen LogP contribution >= 0.6 is 11.6 Å². The molecule has 0 aliphatic carbocycles. The Kier molecular flexibility index (Phi) is 4.67. The van der Waals surface area contributed by atoms with Gasteiger partial charge in [0.1, 0.15) is 11.9 Å². The molecule has 1 aromatic rings. The number of amides is 1. The van der Waals surface area contributed by atoms with Crippen LogP contribution in [0.15, 0.2) is 18.2 Å². The third-order valence-corrected chi connectivity index (χ3v) is 2.20. The Morgan fingerprint density at radius 1 is 1.69 bits per heavy atom. The fourth-order valence-electron chi connectivity index (χ4n) is 1.07. The average molecular weight is 247 g/mol. The minimum Gasteiger partial charge on any atom is -0.383 e. The summed E-state index contributed by atoms with van der Waals surface area (Å²) in [5.74, 6) is -0.964. The molecule has 6 heteroatoms. The van der Waals surface area contributed by atoms with Gasteiger partial charge in [0.2, 0.25) is 5.91 Å². The largest absolute Gasteiger partial charge is 0.383 e. The molecule has 0 heterocycles. The first kappa shape index (κ1) is 12.9. The minimum atomic E-state index is -0.815. The Morgan fingerprint density at radius 2 is 2.38 bits per heavy atom. The molecule has 1 aromatic carbocycles. The van der Waals surface area contributed by atoms with Crippen molar-refractivity contribution in [2.75, 3.05) is 19.0 Å². The molecule has 4 nitrogen and oxygen atoms in total. The SMILES string of the molecule is COCC(N)C(=O)Nc1cc(F)ccc1Cl. The van der Waals surface area contributed by atoms with Crippen molar-refractivity contribution < 1.29 is 13.9 Å². The molecular formula is C10H12ClFN2O2. The second-order valence-corrected chi connectivity index (χ2v) is 3.58. The third-order valence-electron chi connectivity index (χ3n) is 1.87. The maximum atomic E-state index is 12.9. The van der Waals surface area contributed by atoms with Crippen molar-refractivity contribution in [1.82, 2.24) is 0 Å². The van der Waals surface area contributed by atoms with Crippen molar-refractivity contribution in [3.8, 4) is 0 Å². The standard InChI is InChI=1S/C10H12ClFN2O2/c1-16-5-8(13)10(15)14-9-4-6(12)2-3-7(9)11/h2-4,8H,5,13H2,1H3,(H,14,15). The van der Waals surface area contributed by atoms with Crippen LogP contribution in [0, 0.1) is 5.82 Å². The van der Waals surface area contributed by atoms with Gasteiger partial charge in [-0.2, -0.15) is 0 Å². The third kappa shape index (κ3) is 3.44. The van der Waals surface area contributed by atoms with Gasteiger partial charge >= 0.3 is 0 Å². The van der Waals surface area contributed by atoms with Crippen molar-refractivity contribution >= 4 is 23.2 Å². The molecule has 3 N–H and O–H groups in total. The Bertz CT molecular complexity index is 387. The number of rotatable bonds is 4. The van der Waals surface area contributed by atoms with Gasteiger partial charge in [0, 0.05) is 7.11 Å². The predicted molar refractivity (Wildman–Crippen MR) is 59.9 cm³/mol. The van der Waals surface area contributed by atoms with Crippen LogP contribution in [0.2, 0.25) is 5.02 Å². The van der Waals surface area contributed by atoms with Crippen molar-refractivity contribution in [3.05, 3.63) is 29.0 Å². The van der Waals surface area contributed by atoms with Crippen LogP contribution in [-0.4, -0.2) is 25.7 Å². The van der Waals surface area contributed by atoms with Crippen LogP contribution in [0.25, 0.3) is 0 Å². The van der Waals surface area contributed by atoms with E-state index in [0.29, 0.717) is 0 Å². The Balaban J connectivity index is 2.72. The summed E-state index contributed by atoms with van der Waals surface area (Å²) in [7, 11) is 1.43. The van der Waals surface area contributed by atoms with Gasteiger partial charge in [0.15, 0.2) is 0 Å². The highest BCUT2D eigenvalue weighted by atomic mass is 35.5. The van der Waals surface area contributed by atoms with E-state index in [9.17, 15) is 9.18 Å². The molecule has 0 bridgehead atoms. The number of carbonyl (C=O) groups is 1. The fraction of sp³-hybridized carbons (Fsp3) is 0.300. The Morgan fingerprint density at radius 3 is 3.00 bits per heavy atom. The number of benzene rings is 1. The number of hydrogen-bond donors (Lipinski definition) is 2. The van der Waals surface area contributed by atoms with Gasteiger partial charge in [-0.1, -0.05) is 11.6 Å². The molecule has 0 saturated carbocycles. The molecule has 1 atom stereocenters. The van der Waals surface area contributed by atoms with Gasteiger partial charge in [-0.05, 0) is 18.2 Å². The van der Waals surface area contributed by atoms with E-state index < -0.39 is 17.8 Å². The van der Waals surface area contributed by atoms with Crippen molar-refractivity contribution in [1.29, 1.82) is 0 Å². The molecule has 0 aromatic heterocycles. The van der Waals surface area contributed by atoms with E-state index >= 15 is 0 Å². The summed E-state index contributed by atoms with van der Waals surface area (Å²) in [6, 6.07) is 2.87. The number of ether oxygens (including phenoxy) is 1. The van der Waals surface area contributed by atoms with Crippen molar-refractivity contribution in [3.63, 3.8) is 0 Å². The summed E-state index contributed by atoms with van der Waals surface area (Å²) < 4.78 is 17.6. The van der Waals surface area contributed by atoms with E-state index in [2.05, 4.69) is 5.32 Å². The Labute approximate surface area is 97.5 Å². The van der Waals surface area contributed by atoms with Crippen LogP contribution < -0.4 is 11.1 Å². The average Bonchev–Trinajstić information content (AvgIpc) is 2.23. The lowest BCUT2D eigenvalue weighted by atomic mass is 10.2. The van der Waals surface area contributed by atoms with Gasteiger partial charge in [-0.25, -0.2) is 4.39 Å². The molecule has 0 fully saturated rings. The van der Waals surface area contributed by atoms with E-state index in [1.54, 1.807) is 0 Å². The van der Waals surface area contributed by atoms with Gasteiger partial charge in [0.05, 0.1) is 17.3 Å². The molecule has 0 aliphatic rings. The highest BCUT2D eigenvalue weighted by molar-refractivity contribution is 6.33. The zero-order chi connectivity index (χ0) is 12.1. The normalized spacial score (nSPS) is 12.2. The number of carbonyl (C=O) groups excluding carboxylic acids is 1. The van der Waals surface area contributed by atoms with Crippen LogP contribution in [-0.2, 0) is 9.53 Å². The lowest BCUT2D eigenvalue weighted by molar-refractivity contribution is -0.118. The summed E-state index contributed by atoms with van der Waals surface area (Å²) in [5, 5.41) is 2.67. The number of hydrogen-bond acceptors (Lipinski definition) is 3. The zero-order valence-electron chi connectivity index (χ0n) is 8.67. The number of methoxy groups -OCH3 is 1. The lowest BCUT2D eigenvalue weighted by Gasteiger charge is -2.12. The maximum absolute atomic E-state index is 12.9. The molecule has 0 saturated heterocycles. The first-order valence-corrected chi connectivity index (χ1v) is 4.93. The molecule has 1 amide bonds. The molecule has 16 heavy (non-hydrogen) atoms. The number of nitrogens with two attached hydrogens (primary N) is 1. The van der Waals surface area contributed by atoms with E-state index in [4.69, 9.17) is 22.1 Å². The molecule has 0 spiro atoms. The quantitative estimate of drug-likeness (QED) is 0.844. The lowest BCUT2D eigenvalue weighted by Crippen LogP contribution is -2.39. The van der Waals surface area contributed by atoms with Gasteiger partial charge < -0.3 is 15.8 Å². The van der Waals surface area contributed by atoms with Crippen LogP contribution in [0.5, 0.6) is 0 Å². The fourth-order valence-corrected chi connectivity index (χ4v) is 1.24. The van der Waals surface area contributed by atoms with Gasteiger partial charge in [-0.3, -0.25) is 4.79 Å². The number of anilines is 1. The highest BCUT2D eigenvalue weighted by Crippen LogP contribution is 2.22. The molecule has 1 rings (SSSR count).